The first-order valence-corrected chi connectivity index (χ1v) is 8.85. The lowest BCUT2D eigenvalue weighted by Crippen LogP contribution is -2.35. The molecule has 0 saturated carbocycles. The third-order valence-electron chi connectivity index (χ3n) is 4.38. The molecular formula is C18H24N2OS. The van der Waals surface area contributed by atoms with Crippen LogP contribution in [0.25, 0.3) is 0 Å². The van der Waals surface area contributed by atoms with E-state index in [9.17, 15) is 5.11 Å². The molecule has 1 aromatic carbocycles. The number of hydrogen-bond acceptors (Lipinski definition) is 4. The number of anilines is 1. The molecule has 0 atom stereocenters. The molecule has 2 N–H and O–H groups in total. The van der Waals surface area contributed by atoms with Gasteiger partial charge in [-0.2, -0.15) is 0 Å². The predicted octanol–water partition coefficient (Wildman–Crippen LogP) is 3.63. The number of rotatable bonds is 5. The molecule has 0 aliphatic carbocycles. The molecule has 1 aromatic heterocycles. The summed E-state index contributed by atoms with van der Waals surface area (Å²) in [7, 11) is 0. The van der Waals surface area contributed by atoms with E-state index in [-0.39, 0.29) is 6.10 Å². The summed E-state index contributed by atoms with van der Waals surface area (Å²) < 4.78 is 0. The molecule has 1 aliphatic rings. The van der Waals surface area contributed by atoms with Crippen molar-refractivity contribution in [3.8, 4) is 0 Å². The van der Waals surface area contributed by atoms with Gasteiger partial charge in [0, 0.05) is 36.7 Å². The van der Waals surface area contributed by atoms with Gasteiger partial charge >= 0.3 is 0 Å². The summed E-state index contributed by atoms with van der Waals surface area (Å²) in [4.78, 5) is 3.83. The van der Waals surface area contributed by atoms with Crippen molar-refractivity contribution in [2.45, 2.75) is 39.0 Å². The Morgan fingerprint density at radius 2 is 2.00 bits per heavy atom. The zero-order chi connectivity index (χ0) is 15.4. The highest BCUT2D eigenvalue weighted by Crippen LogP contribution is 2.22. The second-order valence-electron chi connectivity index (χ2n) is 6.04. The lowest BCUT2D eigenvalue weighted by Gasteiger charge is -2.30. The molecule has 1 fully saturated rings. The average molecular weight is 316 g/mol. The highest BCUT2D eigenvalue weighted by atomic mass is 32.1. The number of para-hydroxylation sites is 1. The van der Waals surface area contributed by atoms with Gasteiger partial charge in [-0.25, -0.2) is 0 Å². The van der Waals surface area contributed by atoms with Crippen molar-refractivity contribution in [1.82, 2.24) is 4.90 Å². The van der Waals surface area contributed by atoms with Gasteiger partial charge in [0.25, 0.3) is 0 Å². The van der Waals surface area contributed by atoms with Gasteiger partial charge in [0.05, 0.1) is 6.10 Å². The molecule has 22 heavy (non-hydrogen) atoms. The Kier molecular flexibility index (Phi) is 5.13. The number of piperidine rings is 1. The summed E-state index contributed by atoms with van der Waals surface area (Å²) in [5, 5.41) is 15.4. The zero-order valence-electron chi connectivity index (χ0n) is 13.1. The van der Waals surface area contributed by atoms with Crippen molar-refractivity contribution in [1.29, 1.82) is 0 Å². The monoisotopic (exact) mass is 316 g/mol. The number of aliphatic hydroxyl groups is 1. The number of hydrogen-bond donors (Lipinski definition) is 2. The molecule has 1 aliphatic heterocycles. The van der Waals surface area contributed by atoms with Crippen LogP contribution in [0, 0.1) is 6.92 Å². The number of nitrogens with zero attached hydrogens (tertiary/aromatic N) is 1. The number of nitrogens with one attached hydrogen (secondary N) is 1. The molecule has 0 spiro atoms. The van der Waals surface area contributed by atoms with E-state index in [1.165, 1.54) is 21.7 Å². The summed E-state index contributed by atoms with van der Waals surface area (Å²) in [5.41, 5.74) is 3.93. The molecule has 3 rings (SSSR count). The number of likely N-dealkylation sites (tertiary alicyclic amines) is 1. The Hall–Kier alpha value is -1.36. The highest BCUT2D eigenvalue weighted by molar-refractivity contribution is 7.10. The molecule has 2 aromatic rings. The highest BCUT2D eigenvalue weighted by Gasteiger charge is 2.17. The summed E-state index contributed by atoms with van der Waals surface area (Å²) in [6.07, 6.45) is 1.68. The van der Waals surface area contributed by atoms with Gasteiger partial charge < -0.3 is 10.4 Å². The largest absolute Gasteiger partial charge is 0.393 e. The van der Waals surface area contributed by atoms with E-state index >= 15 is 0 Å². The molecule has 0 bridgehead atoms. The fourth-order valence-electron chi connectivity index (χ4n) is 2.91. The summed E-state index contributed by atoms with van der Waals surface area (Å²) in [5.74, 6) is 0. The summed E-state index contributed by atoms with van der Waals surface area (Å²) in [6, 6.07) is 10.7. The lowest BCUT2D eigenvalue weighted by molar-refractivity contribution is 0.0793. The first-order chi connectivity index (χ1) is 10.7. The first-order valence-electron chi connectivity index (χ1n) is 7.97. The van der Waals surface area contributed by atoms with Crippen molar-refractivity contribution < 1.29 is 5.11 Å². The van der Waals surface area contributed by atoms with E-state index < -0.39 is 0 Å². The van der Waals surface area contributed by atoms with Crippen LogP contribution in [0.15, 0.2) is 35.7 Å². The van der Waals surface area contributed by atoms with E-state index in [4.69, 9.17) is 0 Å². The van der Waals surface area contributed by atoms with Crippen LogP contribution in [0.5, 0.6) is 0 Å². The number of aryl methyl sites for hydroxylation is 1. The Bertz CT molecular complexity index is 603. The third-order valence-corrected chi connectivity index (χ3v) is 5.40. The van der Waals surface area contributed by atoms with Crippen molar-refractivity contribution >= 4 is 17.0 Å². The lowest BCUT2D eigenvalue weighted by atomic mass is 10.1. The van der Waals surface area contributed by atoms with Gasteiger partial charge in [0.15, 0.2) is 0 Å². The second-order valence-corrected chi connectivity index (χ2v) is 7.05. The molecule has 0 unspecified atom stereocenters. The van der Waals surface area contributed by atoms with Crippen molar-refractivity contribution in [2.24, 2.45) is 0 Å². The Morgan fingerprint density at radius 3 is 2.73 bits per heavy atom. The van der Waals surface area contributed by atoms with E-state index in [0.29, 0.717) is 0 Å². The minimum atomic E-state index is -0.105. The van der Waals surface area contributed by atoms with Gasteiger partial charge in [-0.05, 0) is 48.4 Å². The van der Waals surface area contributed by atoms with Crippen LogP contribution in [0.4, 0.5) is 5.69 Å². The van der Waals surface area contributed by atoms with Gasteiger partial charge in [0.1, 0.15) is 0 Å². The Balaban J connectivity index is 1.63. The maximum atomic E-state index is 9.63. The first kappa shape index (κ1) is 15.5. The minimum Gasteiger partial charge on any atom is -0.393 e. The van der Waals surface area contributed by atoms with Gasteiger partial charge in [-0.3, -0.25) is 4.90 Å². The van der Waals surface area contributed by atoms with Crippen LogP contribution >= 0.6 is 11.3 Å². The van der Waals surface area contributed by atoms with E-state index in [2.05, 4.69) is 52.9 Å². The number of benzene rings is 1. The SMILES string of the molecule is Cc1ccsc1CNc1ccccc1CN1CCC(O)CC1. The van der Waals surface area contributed by atoms with Gasteiger partial charge in [-0.15, -0.1) is 11.3 Å². The fraction of sp³-hybridized carbons (Fsp3) is 0.444. The van der Waals surface area contributed by atoms with E-state index in [1.807, 2.05) is 11.3 Å². The summed E-state index contributed by atoms with van der Waals surface area (Å²) in [6.45, 7) is 5.98. The van der Waals surface area contributed by atoms with Crippen LogP contribution in [0.3, 0.4) is 0 Å². The van der Waals surface area contributed by atoms with Crippen LogP contribution in [-0.2, 0) is 13.1 Å². The number of aliphatic hydroxyl groups excluding tert-OH is 1. The van der Waals surface area contributed by atoms with Crippen molar-refractivity contribution in [3.63, 3.8) is 0 Å². The molecule has 0 radical (unpaired) electrons. The molecule has 1 saturated heterocycles. The smallest absolute Gasteiger partial charge is 0.0564 e. The van der Waals surface area contributed by atoms with E-state index in [0.717, 1.165) is 39.0 Å². The molecule has 4 heteroatoms. The maximum Gasteiger partial charge on any atom is 0.0564 e. The fourth-order valence-corrected chi connectivity index (χ4v) is 3.76. The van der Waals surface area contributed by atoms with Crippen LogP contribution in [0.1, 0.15) is 28.8 Å². The Morgan fingerprint density at radius 1 is 1.23 bits per heavy atom. The maximum absolute atomic E-state index is 9.63. The minimum absolute atomic E-state index is 0.105. The zero-order valence-corrected chi connectivity index (χ0v) is 13.9. The third kappa shape index (κ3) is 3.88. The molecular weight excluding hydrogens is 292 g/mol. The predicted molar refractivity (Wildman–Crippen MR) is 93.3 cm³/mol. The molecule has 2 heterocycles. The molecule has 0 amide bonds. The topological polar surface area (TPSA) is 35.5 Å². The summed E-state index contributed by atoms with van der Waals surface area (Å²) >= 11 is 1.81. The van der Waals surface area contributed by atoms with Crippen molar-refractivity contribution in [2.75, 3.05) is 18.4 Å². The van der Waals surface area contributed by atoms with Gasteiger partial charge in [0.2, 0.25) is 0 Å². The quantitative estimate of drug-likeness (QED) is 0.884. The van der Waals surface area contributed by atoms with Crippen LogP contribution < -0.4 is 5.32 Å². The number of thiophene rings is 1. The average Bonchev–Trinajstić information content (AvgIpc) is 2.94. The van der Waals surface area contributed by atoms with E-state index in [1.54, 1.807) is 0 Å². The molecule has 118 valence electrons. The molecule has 3 nitrogen and oxygen atoms in total. The van der Waals surface area contributed by atoms with Gasteiger partial charge in [-0.1, -0.05) is 18.2 Å². The standard InChI is InChI=1S/C18H24N2OS/c1-14-8-11-22-18(14)12-19-17-5-3-2-4-15(17)13-20-9-6-16(21)7-10-20/h2-5,8,11,16,19,21H,6-7,9-10,12-13H2,1H3. The Labute approximate surface area is 136 Å². The van der Waals surface area contributed by atoms with Crippen LogP contribution in [0.2, 0.25) is 0 Å². The van der Waals surface area contributed by atoms with Crippen molar-refractivity contribution in [3.05, 3.63) is 51.7 Å². The van der Waals surface area contributed by atoms with Crippen LogP contribution in [-0.4, -0.2) is 29.2 Å². The second kappa shape index (κ2) is 7.27. The normalized spacial score (nSPS) is 16.8.